The molecular weight excluding hydrogens is 741 g/mol. The molecule has 0 saturated heterocycles. The van der Waals surface area contributed by atoms with Crippen LogP contribution in [0.2, 0.25) is 0 Å². The highest BCUT2D eigenvalue weighted by Gasteiger charge is 2.25. The van der Waals surface area contributed by atoms with Gasteiger partial charge in [-0.15, -0.1) is 0 Å². The average Bonchev–Trinajstić information content (AvgIpc) is 3.35. The van der Waals surface area contributed by atoms with Crippen molar-refractivity contribution in [2.75, 3.05) is 0 Å². The fourth-order valence-corrected chi connectivity index (χ4v) is 8.19. The van der Waals surface area contributed by atoms with Gasteiger partial charge in [-0.05, 0) is 74.4 Å². The summed E-state index contributed by atoms with van der Waals surface area (Å²) in [5.74, 6) is 0. The Bertz CT molecular complexity index is 2980. The second-order valence-corrected chi connectivity index (χ2v) is 15.3. The Hall–Kier alpha value is -8.08. The first kappa shape index (κ1) is 37.2. The molecule has 1 atom stereocenters. The van der Waals surface area contributed by atoms with Gasteiger partial charge in [-0.25, -0.2) is 0 Å². The summed E-state index contributed by atoms with van der Waals surface area (Å²) in [5, 5.41) is 17.1. The van der Waals surface area contributed by atoms with E-state index in [1.54, 1.807) is 0 Å². The quantitative estimate of drug-likeness (QED) is 0.128. The molecule has 0 aliphatic carbocycles. The van der Waals surface area contributed by atoms with Crippen LogP contribution in [-0.4, -0.2) is 11.4 Å². The molecule has 4 nitrogen and oxygen atoms in total. The van der Waals surface area contributed by atoms with Crippen LogP contribution in [0.3, 0.4) is 0 Å². The summed E-state index contributed by atoms with van der Waals surface area (Å²) in [6, 6.07) is 75.8. The van der Waals surface area contributed by atoms with Crippen LogP contribution in [-0.2, 0) is 0 Å². The molecule has 3 N–H and O–H groups in total. The van der Waals surface area contributed by atoms with Crippen molar-refractivity contribution >= 4 is 40.2 Å². The van der Waals surface area contributed by atoms with Crippen LogP contribution in [0, 0.1) is 5.41 Å². The third-order valence-electron chi connectivity index (χ3n) is 11.3. The van der Waals surface area contributed by atoms with E-state index in [0.717, 1.165) is 95.1 Å². The standard InChI is InChI=1S/C57H42N4/c58-55(44-23-12-4-13-24-44)54(43-21-10-3-11-22-43)56-50-36-47(33-34-48(50)37-51(59-56)41-17-6-1-7-18-41)40-31-29-39(30-32-40)46-27-16-28-49(35-46)53-38-52(42-19-8-2-9-20-42)60-57(61-53)45-25-14-5-15-26-45/h1-38,57-60H/b56-54-,58-55?. The number of rotatable bonds is 9. The van der Waals surface area contributed by atoms with E-state index < -0.39 is 0 Å². The van der Waals surface area contributed by atoms with Crippen LogP contribution < -0.4 is 10.6 Å². The van der Waals surface area contributed by atoms with Crippen molar-refractivity contribution < 1.29 is 0 Å². The van der Waals surface area contributed by atoms with Gasteiger partial charge in [0.05, 0.1) is 17.1 Å². The molecule has 2 aliphatic heterocycles. The second kappa shape index (κ2) is 16.6. The first-order valence-corrected chi connectivity index (χ1v) is 20.6. The van der Waals surface area contributed by atoms with E-state index in [1.165, 1.54) is 0 Å². The maximum Gasteiger partial charge on any atom is 0.145 e. The largest absolute Gasteiger partial charge is 0.360 e. The van der Waals surface area contributed by atoms with Crippen LogP contribution in [0.15, 0.2) is 229 Å². The summed E-state index contributed by atoms with van der Waals surface area (Å²) in [5.41, 5.74) is 18.1. The highest BCUT2D eigenvalue weighted by atomic mass is 15.1. The molecule has 290 valence electrons. The molecule has 10 rings (SSSR count). The van der Waals surface area contributed by atoms with Crippen molar-refractivity contribution in [1.29, 1.82) is 5.41 Å². The van der Waals surface area contributed by atoms with Gasteiger partial charge >= 0.3 is 0 Å². The molecule has 8 aromatic carbocycles. The van der Waals surface area contributed by atoms with E-state index in [2.05, 4.69) is 174 Å². The lowest BCUT2D eigenvalue weighted by Gasteiger charge is -2.27. The predicted molar refractivity (Wildman–Crippen MR) is 255 cm³/mol. The van der Waals surface area contributed by atoms with Crippen LogP contribution >= 0.6 is 0 Å². The lowest BCUT2D eigenvalue weighted by atomic mass is 9.86. The molecular formula is C57H42N4. The molecule has 2 aliphatic rings. The number of nitrogens with zero attached hydrogens (tertiary/aromatic N) is 1. The van der Waals surface area contributed by atoms with Gasteiger partial charge in [0.25, 0.3) is 0 Å². The molecule has 0 aromatic heterocycles. The summed E-state index contributed by atoms with van der Waals surface area (Å²) >= 11 is 0. The molecule has 2 heterocycles. The lowest BCUT2D eigenvalue weighted by Crippen LogP contribution is -2.24. The van der Waals surface area contributed by atoms with Gasteiger partial charge in [-0.2, -0.15) is 0 Å². The number of aliphatic imine (C=N–C) groups is 1. The van der Waals surface area contributed by atoms with Gasteiger partial charge < -0.3 is 10.6 Å². The molecule has 61 heavy (non-hydrogen) atoms. The van der Waals surface area contributed by atoms with E-state index in [9.17, 15) is 5.41 Å². The number of benzene rings is 8. The van der Waals surface area contributed by atoms with E-state index in [4.69, 9.17) is 4.99 Å². The third kappa shape index (κ3) is 7.78. The van der Waals surface area contributed by atoms with Gasteiger partial charge in [0.2, 0.25) is 0 Å². The number of hydrogen-bond donors (Lipinski definition) is 3. The van der Waals surface area contributed by atoms with Gasteiger partial charge in [0.15, 0.2) is 0 Å². The van der Waals surface area contributed by atoms with Crippen LogP contribution in [0.4, 0.5) is 0 Å². The van der Waals surface area contributed by atoms with Crippen LogP contribution in [0.25, 0.3) is 51.0 Å². The maximum atomic E-state index is 9.64. The summed E-state index contributed by atoms with van der Waals surface area (Å²) < 4.78 is 0. The fourth-order valence-electron chi connectivity index (χ4n) is 8.19. The summed E-state index contributed by atoms with van der Waals surface area (Å²) in [6.45, 7) is 0. The summed E-state index contributed by atoms with van der Waals surface area (Å²) in [6.07, 6.45) is 4.18. The van der Waals surface area contributed by atoms with Crippen molar-refractivity contribution in [2.24, 2.45) is 4.99 Å². The topological polar surface area (TPSA) is 60.3 Å². The monoisotopic (exact) mass is 782 g/mol. The van der Waals surface area contributed by atoms with Crippen molar-refractivity contribution in [3.8, 4) is 22.3 Å². The Balaban J connectivity index is 1.02. The lowest BCUT2D eigenvalue weighted by molar-refractivity contribution is 0.664. The number of nitrogens with one attached hydrogen (secondary N) is 3. The van der Waals surface area contributed by atoms with Crippen LogP contribution in [0.1, 0.15) is 50.7 Å². The van der Waals surface area contributed by atoms with E-state index in [1.807, 2.05) is 66.7 Å². The minimum atomic E-state index is -0.199. The van der Waals surface area contributed by atoms with Crippen molar-refractivity contribution in [1.82, 2.24) is 10.6 Å². The van der Waals surface area contributed by atoms with Gasteiger partial charge in [-0.1, -0.05) is 206 Å². The summed E-state index contributed by atoms with van der Waals surface area (Å²) in [7, 11) is 0. The van der Waals surface area contributed by atoms with E-state index in [0.29, 0.717) is 5.71 Å². The molecule has 4 heteroatoms. The fraction of sp³-hybridized carbons (Fsp3) is 0.0175. The van der Waals surface area contributed by atoms with Crippen molar-refractivity contribution in [2.45, 2.75) is 6.17 Å². The Morgan fingerprint density at radius 1 is 0.426 bits per heavy atom. The molecule has 0 saturated carbocycles. The minimum absolute atomic E-state index is 0.199. The third-order valence-corrected chi connectivity index (χ3v) is 11.3. The average molecular weight is 783 g/mol. The zero-order valence-electron chi connectivity index (χ0n) is 33.5. The Labute approximate surface area is 357 Å². The molecule has 0 spiro atoms. The smallest absolute Gasteiger partial charge is 0.145 e. The van der Waals surface area contributed by atoms with Crippen molar-refractivity contribution in [3.05, 3.63) is 269 Å². The van der Waals surface area contributed by atoms with Crippen LogP contribution in [0.5, 0.6) is 0 Å². The van der Waals surface area contributed by atoms with E-state index >= 15 is 0 Å². The van der Waals surface area contributed by atoms with Gasteiger partial charge in [0.1, 0.15) is 6.17 Å². The predicted octanol–water partition coefficient (Wildman–Crippen LogP) is 13.2. The molecule has 0 bridgehead atoms. The highest BCUT2D eigenvalue weighted by molar-refractivity contribution is 6.36. The number of fused-ring (bicyclic) bond motifs is 1. The van der Waals surface area contributed by atoms with Crippen molar-refractivity contribution in [3.63, 3.8) is 0 Å². The minimum Gasteiger partial charge on any atom is -0.360 e. The molecule has 8 aromatic rings. The van der Waals surface area contributed by atoms with Gasteiger partial charge in [0, 0.05) is 33.7 Å². The summed E-state index contributed by atoms with van der Waals surface area (Å²) in [4.78, 5) is 5.21. The maximum absolute atomic E-state index is 9.64. The highest BCUT2D eigenvalue weighted by Crippen LogP contribution is 2.39. The SMILES string of the molecule is N=C(/C(=C1\NC(c2ccccc2)=Cc2ccc(-c3ccc(-c4cccc(C5=NC(c6ccccc6)NC(c6ccccc6)=C5)c4)cc3)cc21)c1ccccc1)c1ccccc1. The molecule has 1 unspecified atom stereocenters. The Morgan fingerprint density at radius 3 is 1.57 bits per heavy atom. The number of hydrogen-bond acceptors (Lipinski definition) is 4. The normalized spacial score (nSPS) is 15.2. The first-order chi connectivity index (χ1) is 30.1. The molecule has 0 radical (unpaired) electrons. The zero-order valence-corrected chi connectivity index (χ0v) is 33.5. The first-order valence-electron chi connectivity index (χ1n) is 20.6. The van der Waals surface area contributed by atoms with Gasteiger partial charge in [-0.3, -0.25) is 10.4 Å². The number of allylic oxidation sites excluding steroid dienone is 2. The molecule has 0 fully saturated rings. The van der Waals surface area contributed by atoms with E-state index in [-0.39, 0.29) is 6.17 Å². The Kier molecular flexibility index (Phi) is 10.2. The zero-order chi connectivity index (χ0) is 41.0. The molecule has 0 amide bonds. The second-order valence-electron chi connectivity index (χ2n) is 15.3. The Morgan fingerprint density at radius 2 is 0.934 bits per heavy atom.